The molecule has 0 saturated heterocycles. The first-order valence-electron chi connectivity index (χ1n) is 9.80. The van der Waals surface area contributed by atoms with E-state index in [0.717, 1.165) is 27.8 Å². The zero-order valence-electron chi connectivity index (χ0n) is 16.9. The van der Waals surface area contributed by atoms with E-state index in [-0.39, 0.29) is 17.5 Å². The maximum Gasteiger partial charge on any atom is 0.123 e. The van der Waals surface area contributed by atoms with Crippen molar-refractivity contribution in [3.63, 3.8) is 0 Å². The molecule has 2 nitrogen and oxygen atoms in total. The third-order valence-electron chi connectivity index (χ3n) is 4.82. The molecule has 0 unspecified atom stereocenters. The summed E-state index contributed by atoms with van der Waals surface area (Å²) in [4.78, 5) is 0. The molecule has 4 aromatic carbocycles. The number of halogens is 3. The first kappa shape index (κ1) is 22.3. The second kappa shape index (κ2) is 10.6. The quantitative estimate of drug-likeness (QED) is 0.423. The summed E-state index contributed by atoms with van der Waals surface area (Å²) in [5.41, 5.74) is 16.3. The SMILES string of the molecule is NCc1ccc(F)cc1-c1ccc(F)cc1.NCc1ccc(F)cc1-c1ccccc1. The van der Waals surface area contributed by atoms with Crippen molar-refractivity contribution in [2.24, 2.45) is 11.5 Å². The van der Waals surface area contributed by atoms with Gasteiger partial charge in [-0.25, -0.2) is 13.2 Å². The van der Waals surface area contributed by atoms with Crippen LogP contribution < -0.4 is 11.5 Å². The average molecular weight is 420 g/mol. The van der Waals surface area contributed by atoms with Crippen molar-refractivity contribution < 1.29 is 13.2 Å². The molecule has 0 atom stereocenters. The van der Waals surface area contributed by atoms with Gasteiger partial charge in [0.15, 0.2) is 0 Å². The molecule has 31 heavy (non-hydrogen) atoms. The fraction of sp³-hybridized carbons (Fsp3) is 0.0769. The Labute approximate surface area is 180 Å². The second-order valence-corrected chi connectivity index (χ2v) is 6.88. The summed E-state index contributed by atoms with van der Waals surface area (Å²) in [5, 5.41) is 0. The third kappa shape index (κ3) is 5.81. The highest BCUT2D eigenvalue weighted by molar-refractivity contribution is 5.68. The Kier molecular flexibility index (Phi) is 7.60. The minimum absolute atomic E-state index is 0.231. The van der Waals surface area contributed by atoms with Crippen molar-refractivity contribution in [2.75, 3.05) is 0 Å². The Morgan fingerprint density at radius 3 is 1.35 bits per heavy atom. The van der Waals surface area contributed by atoms with E-state index in [2.05, 4.69) is 0 Å². The molecule has 5 heteroatoms. The van der Waals surface area contributed by atoms with Crippen LogP contribution in [0.1, 0.15) is 11.1 Å². The number of hydrogen-bond acceptors (Lipinski definition) is 2. The molecule has 0 aliphatic heterocycles. The molecule has 0 spiro atoms. The summed E-state index contributed by atoms with van der Waals surface area (Å²) in [7, 11) is 0. The van der Waals surface area contributed by atoms with E-state index in [0.29, 0.717) is 18.7 Å². The Balaban J connectivity index is 0.000000176. The van der Waals surface area contributed by atoms with Crippen LogP contribution in [0.5, 0.6) is 0 Å². The third-order valence-corrected chi connectivity index (χ3v) is 4.82. The van der Waals surface area contributed by atoms with Gasteiger partial charge < -0.3 is 11.5 Å². The van der Waals surface area contributed by atoms with Crippen molar-refractivity contribution in [1.29, 1.82) is 0 Å². The molecule has 0 aliphatic carbocycles. The predicted molar refractivity (Wildman–Crippen MR) is 119 cm³/mol. The molecule has 158 valence electrons. The lowest BCUT2D eigenvalue weighted by Gasteiger charge is -2.08. The van der Waals surface area contributed by atoms with E-state index >= 15 is 0 Å². The van der Waals surface area contributed by atoms with Gasteiger partial charge in [-0.1, -0.05) is 54.6 Å². The maximum atomic E-state index is 13.1. The standard InChI is InChI=1S/C13H11F2N.C13H12FN/c14-11-4-1-9(2-5-11)13-7-12(15)6-3-10(13)8-16;14-12-7-6-11(9-15)13(8-12)10-4-2-1-3-5-10/h1-7H,8,16H2;1-8H,9,15H2. The monoisotopic (exact) mass is 420 g/mol. The first-order chi connectivity index (χ1) is 15.0. The smallest absolute Gasteiger partial charge is 0.123 e. The fourth-order valence-electron chi connectivity index (χ4n) is 3.24. The van der Waals surface area contributed by atoms with Gasteiger partial charge in [0.1, 0.15) is 17.5 Å². The Bertz CT molecular complexity index is 1130. The van der Waals surface area contributed by atoms with Gasteiger partial charge in [-0.15, -0.1) is 0 Å². The molecule has 0 saturated carbocycles. The minimum atomic E-state index is -0.323. The van der Waals surface area contributed by atoms with E-state index in [9.17, 15) is 13.2 Å². The molecule has 4 aromatic rings. The zero-order chi connectivity index (χ0) is 22.2. The summed E-state index contributed by atoms with van der Waals surface area (Å²) in [6, 6.07) is 24.8. The van der Waals surface area contributed by atoms with Crippen LogP contribution in [0, 0.1) is 17.5 Å². The minimum Gasteiger partial charge on any atom is -0.326 e. The number of nitrogens with two attached hydrogens (primary N) is 2. The molecule has 0 aromatic heterocycles. The Hall–Kier alpha value is -3.41. The van der Waals surface area contributed by atoms with Crippen LogP contribution in [-0.2, 0) is 13.1 Å². The van der Waals surface area contributed by atoms with E-state index in [1.807, 2.05) is 30.3 Å². The normalized spacial score (nSPS) is 10.4. The van der Waals surface area contributed by atoms with Crippen molar-refractivity contribution >= 4 is 0 Å². The molecule has 0 heterocycles. The molecule has 0 fully saturated rings. The average Bonchev–Trinajstić information content (AvgIpc) is 2.80. The van der Waals surface area contributed by atoms with Gasteiger partial charge in [0.2, 0.25) is 0 Å². The van der Waals surface area contributed by atoms with Gasteiger partial charge in [0, 0.05) is 13.1 Å². The molecular formula is C26H23F3N2. The highest BCUT2D eigenvalue weighted by Gasteiger charge is 2.06. The molecule has 0 aliphatic rings. The van der Waals surface area contributed by atoms with Crippen LogP contribution >= 0.6 is 0 Å². The van der Waals surface area contributed by atoms with Gasteiger partial charge in [-0.05, 0) is 69.8 Å². The summed E-state index contributed by atoms with van der Waals surface area (Å²) < 4.78 is 39.0. The predicted octanol–water partition coefficient (Wildman–Crippen LogP) is 6.04. The van der Waals surface area contributed by atoms with Gasteiger partial charge >= 0.3 is 0 Å². The van der Waals surface area contributed by atoms with Crippen LogP contribution in [0.3, 0.4) is 0 Å². The molecule has 4 rings (SSSR count). The van der Waals surface area contributed by atoms with Crippen LogP contribution in [0.4, 0.5) is 13.2 Å². The topological polar surface area (TPSA) is 52.0 Å². The number of rotatable bonds is 4. The van der Waals surface area contributed by atoms with Crippen LogP contribution in [0.25, 0.3) is 22.3 Å². The van der Waals surface area contributed by atoms with Crippen LogP contribution in [-0.4, -0.2) is 0 Å². The lowest BCUT2D eigenvalue weighted by Crippen LogP contribution is -1.99. The van der Waals surface area contributed by atoms with Crippen LogP contribution in [0.2, 0.25) is 0 Å². The highest BCUT2D eigenvalue weighted by atomic mass is 19.1. The van der Waals surface area contributed by atoms with Crippen LogP contribution in [0.15, 0.2) is 91.0 Å². The maximum absolute atomic E-state index is 13.1. The largest absolute Gasteiger partial charge is 0.326 e. The Morgan fingerprint density at radius 2 is 0.903 bits per heavy atom. The summed E-state index contributed by atoms with van der Waals surface area (Å²) in [5.74, 6) is -0.864. The van der Waals surface area contributed by atoms with E-state index < -0.39 is 0 Å². The summed E-state index contributed by atoms with van der Waals surface area (Å²) in [6.45, 7) is 0.748. The highest BCUT2D eigenvalue weighted by Crippen LogP contribution is 2.25. The van der Waals surface area contributed by atoms with Gasteiger partial charge in [0.05, 0.1) is 0 Å². The molecule has 0 radical (unpaired) electrons. The van der Waals surface area contributed by atoms with Gasteiger partial charge in [-0.2, -0.15) is 0 Å². The second-order valence-electron chi connectivity index (χ2n) is 6.88. The lowest BCUT2D eigenvalue weighted by molar-refractivity contribution is 0.626. The molecule has 4 N–H and O–H groups in total. The van der Waals surface area contributed by atoms with Gasteiger partial charge in [0.25, 0.3) is 0 Å². The van der Waals surface area contributed by atoms with Crippen molar-refractivity contribution in [3.05, 3.63) is 120 Å². The molecule has 0 amide bonds. The summed E-state index contributed by atoms with van der Waals surface area (Å²) in [6.07, 6.45) is 0. The van der Waals surface area contributed by atoms with Crippen molar-refractivity contribution in [2.45, 2.75) is 13.1 Å². The number of hydrogen-bond donors (Lipinski definition) is 2. The fourth-order valence-corrected chi connectivity index (χ4v) is 3.24. The summed E-state index contributed by atoms with van der Waals surface area (Å²) >= 11 is 0. The Morgan fingerprint density at radius 1 is 0.484 bits per heavy atom. The van der Waals surface area contributed by atoms with Crippen molar-refractivity contribution in [1.82, 2.24) is 0 Å². The van der Waals surface area contributed by atoms with E-state index in [4.69, 9.17) is 11.5 Å². The van der Waals surface area contributed by atoms with E-state index in [1.54, 1.807) is 24.3 Å². The van der Waals surface area contributed by atoms with Crippen molar-refractivity contribution in [3.8, 4) is 22.3 Å². The van der Waals surface area contributed by atoms with Gasteiger partial charge in [-0.3, -0.25) is 0 Å². The first-order valence-corrected chi connectivity index (χ1v) is 9.80. The molecular weight excluding hydrogens is 397 g/mol. The zero-order valence-corrected chi connectivity index (χ0v) is 16.9. The van der Waals surface area contributed by atoms with E-state index in [1.165, 1.54) is 36.4 Å². The lowest BCUT2D eigenvalue weighted by atomic mass is 9.99. The number of benzene rings is 4. The molecule has 0 bridgehead atoms.